The molecule has 108 valence electrons. The topological polar surface area (TPSA) is 41.5 Å². The fourth-order valence-electron chi connectivity index (χ4n) is 2.42. The third-order valence-electron chi connectivity index (χ3n) is 3.75. The molecule has 0 saturated carbocycles. The first-order chi connectivity index (χ1) is 9.67. The smallest absolute Gasteiger partial charge is 0.126 e. The van der Waals surface area contributed by atoms with Crippen molar-refractivity contribution in [1.29, 1.82) is 0 Å². The molecule has 0 aliphatic heterocycles. The molecule has 0 aromatic heterocycles. The summed E-state index contributed by atoms with van der Waals surface area (Å²) in [6, 6.07) is 12.5. The lowest BCUT2D eigenvalue weighted by molar-refractivity contribution is 0.210. The standard InChI is InChI=1S/C17H23NO2/c1-12(2)16(11-19)18-10-13-8-9-17(20-3)15-7-5-4-6-14(13)15/h4-9,12,16,18-19H,10-11H2,1-3H3. The molecular formula is C17H23NO2. The maximum Gasteiger partial charge on any atom is 0.126 e. The summed E-state index contributed by atoms with van der Waals surface area (Å²) >= 11 is 0. The van der Waals surface area contributed by atoms with E-state index in [0.29, 0.717) is 5.92 Å². The number of hydrogen-bond acceptors (Lipinski definition) is 3. The lowest BCUT2D eigenvalue weighted by atomic mass is 10.0. The van der Waals surface area contributed by atoms with Gasteiger partial charge in [-0.1, -0.05) is 44.2 Å². The Balaban J connectivity index is 2.27. The molecule has 2 aromatic rings. The Morgan fingerprint density at radius 3 is 2.40 bits per heavy atom. The highest BCUT2D eigenvalue weighted by atomic mass is 16.5. The molecule has 20 heavy (non-hydrogen) atoms. The molecule has 2 aromatic carbocycles. The summed E-state index contributed by atoms with van der Waals surface area (Å²) in [5.74, 6) is 1.30. The van der Waals surface area contributed by atoms with Crippen molar-refractivity contribution >= 4 is 10.8 Å². The molecule has 0 spiro atoms. The minimum absolute atomic E-state index is 0.121. The molecule has 0 aliphatic rings. The fourth-order valence-corrected chi connectivity index (χ4v) is 2.42. The van der Waals surface area contributed by atoms with E-state index in [0.717, 1.165) is 17.7 Å². The molecule has 0 amide bonds. The average molecular weight is 273 g/mol. The number of aliphatic hydroxyl groups excluding tert-OH is 1. The zero-order valence-electron chi connectivity index (χ0n) is 12.4. The van der Waals surface area contributed by atoms with E-state index in [2.05, 4.69) is 37.4 Å². The van der Waals surface area contributed by atoms with E-state index in [1.54, 1.807) is 7.11 Å². The highest BCUT2D eigenvalue weighted by Crippen LogP contribution is 2.28. The normalized spacial score (nSPS) is 12.8. The van der Waals surface area contributed by atoms with Crippen molar-refractivity contribution in [2.75, 3.05) is 13.7 Å². The van der Waals surface area contributed by atoms with Crippen LogP contribution in [0.25, 0.3) is 10.8 Å². The van der Waals surface area contributed by atoms with Crippen LogP contribution in [-0.2, 0) is 6.54 Å². The SMILES string of the molecule is COc1ccc(CNC(CO)C(C)C)c2ccccc12. The van der Waals surface area contributed by atoms with Gasteiger partial charge in [0.15, 0.2) is 0 Å². The molecule has 0 saturated heterocycles. The number of methoxy groups -OCH3 is 1. The van der Waals surface area contributed by atoms with Gasteiger partial charge < -0.3 is 15.2 Å². The number of fused-ring (bicyclic) bond motifs is 1. The Kier molecular flexibility index (Phi) is 4.99. The van der Waals surface area contributed by atoms with Crippen LogP contribution in [0.3, 0.4) is 0 Å². The minimum atomic E-state index is 0.121. The average Bonchev–Trinajstić information content (AvgIpc) is 2.47. The van der Waals surface area contributed by atoms with Gasteiger partial charge in [-0.25, -0.2) is 0 Å². The van der Waals surface area contributed by atoms with Crippen molar-refractivity contribution < 1.29 is 9.84 Å². The predicted molar refractivity (Wildman–Crippen MR) is 83.1 cm³/mol. The Morgan fingerprint density at radius 2 is 1.80 bits per heavy atom. The summed E-state index contributed by atoms with van der Waals surface area (Å²) in [7, 11) is 1.69. The first kappa shape index (κ1) is 14.8. The lowest BCUT2D eigenvalue weighted by Crippen LogP contribution is -2.36. The van der Waals surface area contributed by atoms with Crippen LogP contribution in [-0.4, -0.2) is 24.9 Å². The molecular weight excluding hydrogens is 250 g/mol. The monoisotopic (exact) mass is 273 g/mol. The zero-order valence-corrected chi connectivity index (χ0v) is 12.4. The number of nitrogens with one attached hydrogen (secondary N) is 1. The summed E-state index contributed by atoms with van der Waals surface area (Å²) in [5, 5.41) is 15.1. The Bertz CT molecular complexity index is 566. The number of rotatable bonds is 6. The van der Waals surface area contributed by atoms with Gasteiger partial charge in [0.25, 0.3) is 0 Å². The van der Waals surface area contributed by atoms with Crippen molar-refractivity contribution in [2.45, 2.75) is 26.4 Å². The maximum absolute atomic E-state index is 9.39. The number of aliphatic hydroxyl groups is 1. The van der Waals surface area contributed by atoms with Crippen LogP contribution in [0.5, 0.6) is 5.75 Å². The van der Waals surface area contributed by atoms with Gasteiger partial charge in [0.2, 0.25) is 0 Å². The van der Waals surface area contributed by atoms with Gasteiger partial charge in [0.05, 0.1) is 13.7 Å². The molecule has 0 radical (unpaired) electrons. The predicted octanol–water partition coefficient (Wildman–Crippen LogP) is 2.95. The van der Waals surface area contributed by atoms with Crippen molar-refractivity contribution in [3.63, 3.8) is 0 Å². The second-order valence-electron chi connectivity index (χ2n) is 5.39. The van der Waals surface area contributed by atoms with Crippen LogP contribution in [0, 0.1) is 5.92 Å². The van der Waals surface area contributed by atoms with Crippen LogP contribution in [0.1, 0.15) is 19.4 Å². The third-order valence-corrected chi connectivity index (χ3v) is 3.75. The molecule has 1 unspecified atom stereocenters. The van der Waals surface area contributed by atoms with E-state index in [9.17, 15) is 5.11 Å². The third kappa shape index (κ3) is 3.11. The van der Waals surface area contributed by atoms with E-state index in [1.165, 1.54) is 10.9 Å². The van der Waals surface area contributed by atoms with Crippen LogP contribution in [0.2, 0.25) is 0 Å². The summed E-state index contributed by atoms with van der Waals surface area (Å²) in [4.78, 5) is 0. The Labute approximate surface area is 120 Å². The Hall–Kier alpha value is -1.58. The fraction of sp³-hybridized carbons (Fsp3) is 0.412. The van der Waals surface area contributed by atoms with Gasteiger partial charge >= 0.3 is 0 Å². The lowest BCUT2D eigenvalue weighted by Gasteiger charge is -2.20. The Morgan fingerprint density at radius 1 is 1.10 bits per heavy atom. The van der Waals surface area contributed by atoms with Crippen LogP contribution >= 0.6 is 0 Å². The van der Waals surface area contributed by atoms with E-state index in [-0.39, 0.29) is 12.6 Å². The van der Waals surface area contributed by atoms with Crippen molar-refractivity contribution in [3.8, 4) is 5.75 Å². The summed E-state index contributed by atoms with van der Waals surface area (Å²) in [6.07, 6.45) is 0. The van der Waals surface area contributed by atoms with Crippen LogP contribution < -0.4 is 10.1 Å². The van der Waals surface area contributed by atoms with Gasteiger partial charge in [-0.15, -0.1) is 0 Å². The van der Waals surface area contributed by atoms with Crippen molar-refractivity contribution in [1.82, 2.24) is 5.32 Å². The summed E-state index contributed by atoms with van der Waals surface area (Å²) in [6.45, 7) is 5.12. The van der Waals surface area contributed by atoms with Crippen molar-refractivity contribution in [2.24, 2.45) is 5.92 Å². The summed E-state index contributed by atoms with van der Waals surface area (Å²) in [5.41, 5.74) is 1.22. The molecule has 1 atom stereocenters. The van der Waals surface area contributed by atoms with E-state index in [4.69, 9.17) is 4.74 Å². The second kappa shape index (κ2) is 6.73. The molecule has 2 N–H and O–H groups in total. The minimum Gasteiger partial charge on any atom is -0.496 e. The molecule has 3 heteroatoms. The van der Waals surface area contributed by atoms with Gasteiger partial charge in [-0.3, -0.25) is 0 Å². The first-order valence-electron chi connectivity index (χ1n) is 7.06. The zero-order chi connectivity index (χ0) is 14.5. The first-order valence-corrected chi connectivity index (χ1v) is 7.06. The van der Waals surface area contributed by atoms with E-state index in [1.807, 2.05) is 18.2 Å². The number of ether oxygens (including phenoxy) is 1. The summed E-state index contributed by atoms with van der Waals surface area (Å²) < 4.78 is 5.41. The van der Waals surface area contributed by atoms with Gasteiger partial charge in [-0.05, 0) is 22.9 Å². The molecule has 0 heterocycles. The second-order valence-corrected chi connectivity index (χ2v) is 5.39. The number of benzene rings is 2. The highest BCUT2D eigenvalue weighted by Gasteiger charge is 2.12. The quantitative estimate of drug-likeness (QED) is 0.850. The highest BCUT2D eigenvalue weighted by molar-refractivity contribution is 5.91. The van der Waals surface area contributed by atoms with Crippen molar-refractivity contribution in [3.05, 3.63) is 42.0 Å². The molecule has 3 nitrogen and oxygen atoms in total. The number of hydrogen-bond donors (Lipinski definition) is 2. The van der Waals surface area contributed by atoms with Gasteiger partial charge in [-0.2, -0.15) is 0 Å². The van der Waals surface area contributed by atoms with Crippen LogP contribution in [0.15, 0.2) is 36.4 Å². The van der Waals surface area contributed by atoms with Crippen LogP contribution in [0.4, 0.5) is 0 Å². The molecule has 2 rings (SSSR count). The largest absolute Gasteiger partial charge is 0.496 e. The molecule has 0 bridgehead atoms. The van der Waals surface area contributed by atoms with Gasteiger partial charge in [0, 0.05) is 18.0 Å². The molecule has 0 aliphatic carbocycles. The molecule has 0 fully saturated rings. The van der Waals surface area contributed by atoms with Gasteiger partial charge in [0.1, 0.15) is 5.75 Å². The van der Waals surface area contributed by atoms with E-state index >= 15 is 0 Å². The van der Waals surface area contributed by atoms with E-state index < -0.39 is 0 Å². The maximum atomic E-state index is 9.39.